The number of fused-ring (bicyclic) bond motifs is 2. The molecule has 0 radical (unpaired) electrons. The van der Waals surface area contributed by atoms with Gasteiger partial charge in [-0.3, -0.25) is 4.79 Å². The maximum Gasteiger partial charge on any atom is 0.244 e. The molecule has 2 aliphatic heterocycles. The molecule has 2 bridgehead atoms. The summed E-state index contributed by atoms with van der Waals surface area (Å²) >= 11 is 12.1. The van der Waals surface area contributed by atoms with Crippen molar-refractivity contribution in [1.29, 1.82) is 0 Å². The van der Waals surface area contributed by atoms with Crippen LogP contribution in [0.2, 0.25) is 10.0 Å². The maximum absolute atomic E-state index is 13.7. The molecule has 1 amide bonds. The molecule has 0 saturated carbocycles. The highest BCUT2D eigenvalue weighted by Crippen LogP contribution is 2.38. The molecular formula is C21H28Cl2N2O4S. The molecule has 0 N–H and O–H groups in total. The number of unbranched alkanes of at least 4 members (excludes halogenated alkanes) is 1. The normalized spacial score (nSPS) is 25.2. The molecule has 0 aromatic heterocycles. The van der Waals surface area contributed by atoms with Crippen LogP contribution in [0.15, 0.2) is 35.7 Å². The predicted molar refractivity (Wildman–Crippen MR) is 118 cm³/mol. The number of rotatable bonds is 8. The third kappa shape index (κ3) is 4.86. The van der Waals surface area contributed by atoms with Crippen molar-refractivity contribution in [2.75, 3.05) is 26.8 Å². The van der Waals surface area contributed by atoms with E-state index in [-0.39, 0.29) is 32.8 Å². The van der Waals surface area contributed by atoms with Gasteiger partial charge in [0, 0.05) is 48.8 Å². The van der Waals surface area contributed by atoms with Crippen molar-refractivity contribution in [3.05, 3.63) is 40.9 Å². The maximum atomic E-state index is 13.7. The predicted octanol–water partition coefficient (Wildman–Crippen LogP) is 3.98. The van der Waals surface area contributed by atoms with Crippen LogP contribution in [-0.2, 0) is 19.6 Å². The summed E-state index contributed by atoms with van der Waals surface area (Å²) in [6, 6.07) is 3.22. The van der Waals surface area contributed by atoms with E-state index < -0.39 is 16.1 Å². The van der Waals surface area contributed by atoms with Crippen LogP contribution in [-0.4, -0.2) is 62.4 Å². The number of nitrogens with zero attached hydrogens (tertiary/aromatic N) is 2. The summed E-state index contributed by atoms with van der Waals surface area (Å²) < 4.78 is 33.8. The zero-order valence-corrected chi connectivity index (χ0v) is 19.4. The highest BCUT2D eigenvalue weighted by Gasteiger charge is 2.49. The van der Waals surface area contributed by atoms with E-state index in [1.807, 2.05) is 0 Å². The van der Waals surface area contributed by atoms with Crippen molar-refractivity contribution in [3.8, 4) is 0 Å². The lowest BCUT2D eigenvalue weighted by molar-refractivity contribution is -0.135. The summed E-state index contributed by atoms with van der Waals surface area (Å²) in [7, 11) is -2.32. The molecule has 1 aromatic rings. The first-order valence-electron chi connectivity index (χ1n) is 10.2. The third-order valence-corrected chi connectivity index (χ3v) is 8.22. The van der Waals surface area contributed by atoms with E-state index in [4.69, 9.17) is 27.9 Å². The van der Waals surface area contributed by atoms with Crippen molar-refractivity contribution in [2.24, 2.45) is 5.92 Å². The zero-order valence-electron chi connectivity index (χ0n) is 17.1. The minimum absolute atomic E-state index is 0.0149. The van der Waals surface area contributed by atoms with Crippen molar-refractivity contribution >= 4 is 39.1 Å². The number of carbonyl (C=O) groups is 1. The van der Waals surface area contributed by atoms with Crippen molar-refractivity contribution in [1.82, 2.24) is 9.21 Å². The second kappa shape index (κ2) is 10.0. The Kier molecular flexibility index (Phi) is 7.85. The van der Waals surface area contributed by atoms with Crippen LogP contribution < -0.4 is 0 Å². The molecule has 6 nitrogen and oxygen atoms in total. The summed E-state index contributed by atoms with van der Waals surface area (Å²) in [6.45, 7) is 5.62. The van der Waals surface area contributed by atoms with Gasteiger partial charge in [-0.25, -0.2) is 8.42 Å². The molecule has 0 aliphatic carbocycles. The average molecular weight is 475 g/mol. The number of amides is 1. The zero-order chi connectivity index (χ0) is 21.9. The highest BCUT2D eigenvalue weighted by molar-refractivity contribution is 7.89. The van der Waals surface area contributed by atoms with Gasteiger partial charge in [-0.15, -0.1) is 6.58 Å². The van der Waals surface area contributed by atoms with Crippen molar-refractivity contribution < 1.29 is 17.9 Å². The van der Waals surface area contributed by atoms with Crippen LogP contribution in [0.25, 0.3) is 0 Å². The fourth-order valence-electron chi connectivity index (χ4n) is 4.45. The molecule has 1 aromatic carbocycles. The number of sulfonamides is 1. The van der Waals surface area contributed by atoms with Gasteiger partial charge in [-0.1, -0.05) is 29.3 Å². The van der Waals surface area contributed by atoms with Gasteiger partial charge in [0.05, 0.1) is 4.90 Å². The Bertz CT molecular complexity index is 873. The average Bonchev–Trinajstić information content (AvgIpc) is 2.77. The SMILES string of the molecule is C=C[C@@H]1CN(CCCCOC)C(=O)[C@@H]2CCC[C@H]1N2S(=O)(=O)c1cc(Cl)cc(Cl)c1. The molecule has 166 valence electrons. The molecule has 2 saturated heterocycles. The molecule has 2 heterocycles. The summed E-state index contributed by atoms with van der Waals surface area (Å²) in [5.74, 6) is -0.288. The number of hydrogen-bond donors (Lipinski definition) is 0. The number of ether oxygens (including phenoxy) is 1. The topological polar surface area (TPSA) is 66.9 Å². The molecule has 3 rings (SSSR count). The quantitative estimate of drug-likeness (QED) is 0.422. The summed E-state index contributed by atoms with van der Waals surface area (Å²) in [5.41, 5.74) is 0. The number of methoxy groups -OCH3 is 1. The van der Waals surface area contributed by atoms with Crippen LogP contribution in [0, 0.1) is 5.92 Å². The Morgan fingerprint density at radius 3 is 2.53 bits per heavy atom. The van der Waals surface area contributed by atoms with Gasteiger partial charge >= 0.3 is 0 Å². The Balaban J connectivity index is 1.97. The second-order valence-electron chi connectivity index (χ2n) is 7.84. The van der Waals surface area contributed by atoms with Gasteiger partial charge < -0.3 is 9.64 Å². The van der Waals surface area contributed by atoms with Gasteiger partial charge in [0.15, 0.2) is 0 Å². The van der Waals surface area contributed by atoms with E-state index >= 15 is 0 Å². The molecule has 0 unspecified atom stereocenters. The lowest BCUT2D eigenvalue weighted by atomic mass is 9.90. The number of benzene rings is 1. The standard InChI is InChI=1S/C21H28Cl2N2O4S/c1-3-15-14-24(9-4-5-10-29-2)21(26)20-8-6-7-19(15)25(20)30(27,28)18-12-16(22)11-17(23)13-18/h3,11-13,15,19-20H,1,4-10,14H2,2H3/t15-,19-,20+/m1/s1. The number of halogens is 2. The van der Waals surface area contributed by atoms with Crippen molar-refractivity contribution in [2.45, 2.75) is 49.1 Å². The van der Waals surface area contributed by atoms with Crippen LogP contribution in [0.5, 0.6) is 0 Å². The Morgan fingerprint density at radius 1 is 1.20 bits per heavy atom. The fraction of sp³-hybridized carbons (Fsp3) is 0.571. The van der Waals surface area contributed by atoms with E-state index in [1.54, 1.807) is 18.1 Å². The molecule has 30 heavy (non-hydrogen) atoms. The van der Waals surface area contributed by atoms with E-state index in [0.29, 0.717) is 32.5 Å². The third-order valence-electron chi connectivity index (χ3n) is 5.87. The van der Waals surface area contributed by atoms with Gasteiger partial charge in [-0.2, -0.15) is 4.31 Å². The van der Waals surface area contributed by atoms with E-state index in [1.165, 1.54) is 22.5 Å². The molecule has 3 atom stereocenters. The smallest absolute Gasteiger partial charge is 0.244 e. The molecular weight excluding hydrogens is 447 g/mol. The summed E-state index contributed by atoms with van der Waals surface area (Å²) in [5, 5.41) is 0.486. The van der Waals surface area contributed by atoms with Gasteiger partial charge in [0.2, 0.25) is 15.9 Å². The number of piperidine rings is 1. The van der Waals surface area contributed by atoms with Gasteiger partial charge in [0.25, 0.3) is 0 Å². The molecule has 0 spiro atoms. The molecule has 2 aliphatic rings. The largest absolute Gasteiger partial charge is 0.385 e. The van der Waals surface area contributed by atoms with Crippen LogP contribution in [0.3, 0.4) is 0 Å². The first-order chi connectivity index (χ1) is 14.3. The Morgan fingerprint density at radius 2 is 1.90 bits per heavy atom. The fourth-order valence-corrected chi connectivity index (χ4v) is 7.04. The first kappa shape index (κ1) is 23.5. The van der Waals surface area contributed by atoms with Gasteiger partial charge in [-0.05, 0) is 50.3 Å². The molecule has 9 heteroatoms. The van der Waals surface area contributed by atoms with Crippen LogP contribution in [0.4, 0.5) is 0 Å². The number of hydrogen-bond acceptors (Lipinski definition) is 4. The van der Waals surface area contributed by atoms with E-state index in [0.717, 1.165) is 19.3 Å². The Hall–Kier alpha value is -1.12. The monoisotopic (exact) mass is 474 g/mol. The highest BCUT2D eigenvalue weighted by atomic mass is 35.5. The van der Waals surface area contributed by atoms with Crippen molar-refractivity contribution in [3.63, 3.8) is 0 Å². The summed E-state index contributed by atoms with van der Waals surface area (Å²) in [4.78, 5) is 15.2. The first-order valence-corrected chi connectivity index (χ1v) is 12.4. The second-order valence-corrected chi connectivity index (χ2v) is 10.6. The lowest BCUT2D eigenvalue weighted by Crippen LogP contribution is -2.54. The van der Waals surface area contributed by atoms with E-state index in [9.17, 15) is 13.2 Å². The van der Waals surface area contributed by atoms with Crippen LogP contribution >= 0.6 is 23.2 Å². The number of carbonyl (C=O) groups excluding carboxylic acids is 1. The summed E-state index contributed by atoms with van der Waals surface area (Å²) in [6.07, 6.45) is 5.41. The lowest BCUT2D eigenvalue weighted by Gasteiger charge is -2.40. The minimum Gasteiger partial charge on any atom is -0.385 e. The van der Waals surface area contributed by atoms with Crippen LogP contribution in [0.1, 0.15) is 32.1 Å². The minimum atomic E-state index is -3.97. The van der Waals surface area contributed by atoms with Gasteiger partial charge in [0.1, 0.15) is 6.04 Å². The Labute approximate surface area is 188 Å². The van der Waals surface area contributed by atoms with E-state index in [2.05, 4.69) is 6.58 Å². The molecule has 2 fully saturated rings.